The normalized spacial score (nSPS) is 11.1. The van der Waals surface area contributed by atoms with Gasteiger partial charge in [0.1, 0.15) is 0 Å². The monoisotopic (exact) mass is 317 g/mol. The summed E-state index contributed by atoms with van der Waals surface area (Å²) in [6.45, 7) is 3.65. The minimum Gasteiger partial charge on any atom is -0.352 e. The van der Waals surface area contributed by atoms with Crippen LogP contribution in [0.15, 0.2) is 16.8 Å². The zero-order valence-electron chi connectivity index (χ0n) is 12.4. The summed E-state index contributed by atoms with van der Waals surface area (Å²) in [4.78, 5) is 21.2. The Balaban J connectivity index is 2.49. The molecule has 0 spiro atoms. The molecule has 118 valence electrons. The molecule has 0 bridgehead atoms. The van der Waals surface area contributed by atoms with Crippen molar-refractivity contribution < 1.29 is 14.5 Å². The predicted octanol–water partition coefficient (Wildman–Crippen LogP) is 2.66. The number of rotatable bonds is 3. The quantitative estimate of drug-likeness (QED) is 0.536. The van der Waals surface area contributed by atoms with E-state index >= 15 is 0 Å². The maximum absolute atomic E-state index is 11.4. The standard InChI is InChI=1S/C13H11N5O5/c1-6-4-8(7(2)16(6)3)11-9(17(19)20)5-10(18(21)22)12-13(11)15-23-14-12/h4-5H,1-3H3. The van der Waals surface area contributed by atoms with Crippen LogP contribution in [0.1, 0.15) is 11.4 Å². The summed E-state index contributed by atoms with van der Waals surface area (Å²) in [6.07, 6.45) is 0. The van der Waals surface area contributed by atoms with Gasteiger partial charge in [0.2, 0.25) is 5.52 Å². The van der Waals surface area contributed by atoms with Gasteiger partial charge in [-0.2, -0.15) is 0 Å². The van der Waals surface area contributed by atoms with Crippen molar-refractivity contribution in [2.45, 2.75) is 13.8 Å². The van der Waals surface area contributed by atoms with Crippen LogP contribution in [0.3, 0.4) is 0 Å². The maximum atomic E-state index is 11.4. The summed E-state index contributed by atoms with van der Waals surface area (Å²) in [7, 11) is 1.82. The molecule has 0 N–H and O–H groups in total. The van der Waals surface area contributed by atoms with E-state index in [-0.39, 0.29) is 16.6 Å². The number of non-ortho nitro benzene ring substituents is 1. The first-order chi connectivity index (χ1) is 10.8. The Kier molecular flexibility index (Phi) is 3.09. The maximum Gasteiger partial charge on any atom is 0.307 e. The number of aromatic nitrogens is 3. The van der Waals surface area contributed by atoms with E-state index in [1.807, 2.05) is 18.5 Å². The second kappa shape index (κ2) is 4.87. The summed E-state index contributed by atoms with van der Waals surface area (Å²) in [5.41, 5.74) is 1.34. The van der Waals surface area contributed by atoms with Crippen LogP contribution in [0.4, 0.5) is 11.4 Å². The molecule has 0 fully saturated rings. The molecular formula is C13H11N5O5. The molecule has 0 unspecified atom stereocenters. The minimum atomic E-state index is -0.744. The lowest BCUT2D eigenvalue weighted by molar-refractivity contribution is -0.392. The second-order valence-electron chi connectivity index (χ2n) is 5.11. The summed E-state index contributed by atoms with van der Waals surface area (Å²) < 4.78 is 6.46. The van der Waals surface area contributed by atoms with E-state index in [0.29, 0.717) is 5.56 Å². The van der Waals surface area contributed by atoms with Crippen LogP contribution >= 0.6 is 0 Å². The van der Waals surface area contributed by atoms with Crippen LogP contribution in [-0.4, -0.2) is 24.7 Å². The molecule has 0 saturated carbocycles. The van der Waals surface area contributed by atoms with Gasteiger partial charge in [0.25, 0.3) is 5.69 Å². The van der Waals surface area contributed by atoms with Crippen molar-refractivity contribution in [2.24, 2.45) is 7.05 Å². The molecule has 23 heavy (non-hydrogen) atoms. The Morgan fingerprint density at radius 3 is 2.17 bits per heavy atom. The Morgan fingerprint density at radius 2 is 1.65 bits per heavy atom. The van der Waals surface area contributed by atoms with Gasteiger partial charge in [0, 0.05) is 24.0 Å². The average molecular weight is 317 g/mol. The van der Waals surface area contributed by atoms with Crippen molar-refractivity contribution >= 4 is 22.4 Å². The summed E-state index contributed by atoms with van der Waals surface area (Å²) in [5, 5.41) is 29.8. The van der Waals surface area contributed by atoms with E-state index in [1.165, 1.54) is 0 Å². The molecule has 10 nitrogen and oxygen atoms in total. The SMILES string of the molecule is Cc1cc(-c2c([N+](=O)[O-])cc([N+](=O)[O-])c3nonc23)c(C)n1C. The molecule has 10 heteroatoms. The minimum absolute atomic E-state index is 0.000370. The van der Waals surface area contributed by atoms with E-state index in [1.54, 1.807) is 13.0 Å². The Labute approximate surface area is 128 Å². The predicted molar refractivity (Wildman–Crippen MR) is 79.0 cm³/mol. The zero-order chi connectivity index (χ0) is 16.9. The van der Waals surface area contributed by atoms with Gasteiger partial charge in [-0.05, 0) is 30.2 Å². The molecule has 3 rings (SSSR count). The lowest BCUT2D eigenvalue weighted by atomic mass is 10.0. The van der Waals surface area contributed by atoms with Crippen molar-refractivity contribution in [1.29, 1.82) is 0 Å². The molecular weight excluding hydrogens is 306 g/mol. The molecule has 2 aromatic heterocycles. The molecule has 0 amide bonds. The third-order valence-corrected chi connectivity index (χ3v) is 3.94. The van der Waals surface area contributed by atoms with Crippen molar-refractivity contribution in [2.75, 3.05) is 0 Å². The Bertz CT molecular complexity index is 971. The topological polar surface area (TPSA) is 130 Å². The molecule has 0 radical (unpaired) electrons. The van der Waals surface area contributed by atoms with E-state index in [9.17, 15) is 20.2 Å². The molecule has 0 aliphatic carbocycles. The third kappa shape index (κ3) is 2.03. The van der Waals surface area contributed by atoms with Gasteiger partial charge >= 0.3 is 5.69 Å². The fraction of sp³-hybridized carbons (Fsp3) is 0.231. The van der Waals surface area contributed by atoms with Gasteiger partial charge in [-0.1, -0.05) is 0 Å². The van der Waals surface area contributed by atoms with Gasteiger partial charge < -0.3 is 4.57 Å². The second-order valence-corrected chi connectivity index (χ2v) is 5.11. The highest BCUT2D eigenvalue weighted by Crippen LogP contribution is 2.41. The molecule has 3 aromatic rings. The molecule has 0 atom stereocenters. The van der Waals surface area contributed by atoms with Crippen molar-refractivity contribution in [3.05, 3.63) is 43.7 Å². The van der Waals surface area contributed by atoms with Crippen molar-refractivity contribution in [3.63, 3.8) is 0 Å². The lowest BCUT2D eigenvalue weighted by Gasteiger charge is -2.05. The van der Waals surface area contributed by atoms with Crippen molar-refractivity contribution in [3.8, 4) is 11.1 Å². The van der Waals surface area contributed by atoms with Crippen LogP contribution in [-0.2, 0) is 7.05 Å². The van der Waals surface area contributed by atoms with E-state index in [2.05, 4.69) is 14.9 Å². The highest BCUT2D eigenvalue weighted by Gasteiger charge is 2.31. The molecule has 1 aromatic carbocycles. The number of fused-ring (bicyclic) bond motifs is 1. The number of hydrogen-bond acceptors (Lipinski definition) is 7. The lowest BCUT2D eigenvalue weighted by Crippen LogP contribution is -1.99. The van der Waals surface area contributed by atoms with E-state index < -0.39 is 21.2 Å². The summed E-state index contributed by atoms with van der Waals surface area (Å²) in [6, 6.07) is 2.65. The fourth-order valence-electron chi connectivity index (χ4n) is 2.57. The first-order valence-electron chi connectivity index (χ1n) is 6.54. The van der Waals surface area contributed by atoms with Gasteiger partial charge in [-0.15, -0.1) is 0 Å². The van der Waals surface area contributed by atoms with Crippen LogP contribution in [0.25, 0.3) is 22.2 Å². The van der Waals surface area contributed by atoms with Crippen molar-refractivity contribution in [1.82, 2.24) is 14.9 Å². The van der Waals surface area contributed by atoms with Crippen LogP contribution in [0, 0.1) is 34.1 Å². The van der Waals surface area contributed by atoms with E-state index in [4.69, 9.17) is 0 Å². The van der Waals surface area contributed by atoms with E-state index in [0.717, 1.165) is 17.5 Å². The highest BCUT2D eigenvalue weighted by molar-refractivity contribution is 6.01. The molecule has 0 aliphatic heterocycles. The highest BCUT2D eigenvalue weighted by atomic mass is 16.6. The number of nitro groups is 2. The Morgan fingerprint density at radius 1 is 1.04 bits per heavy atom. The molecule has 0 aliphatic rings. The van der Waals surface area contributed by atoms with Crippen LogP contribution < -0.4 is 0 Å². The first-order valence-corrected chi connectivity index (χ1v) is 6.54. The number of benzene rings is 1. The number of nitrogens with zero attached hydrogens (tertiary/aromatic N) is 5. The molecule has 0 saturated heterocycles. The van der Waals surface area contributed by atoms with Gasteiger partial charge in [0.05, 0.1) is 21.5 Å². The smallest absolute Gasteiger partial charge is 0.307 e. The third-order valence-electron chi connectivity index (χ3n) is 3.94. The summed E-state index contributed by atoms with van der Waals surface area (Å²) in [5.74, 6) is 0. The first kappa shape index (κ1) is 14.6. The van der Waals surface area contributed by atoms with Gasteiger partial charge in [-0.25, -0.2) is 4.63 Å². The zero-order valence-corrected chi connectivity index (χ0v) is 12.4. The fourth-order valence-corrected chi connectivity index (χ4v) is 2.57. The van der Waals surface area contributed by atoms with Crippen LogP contribution in [0.2, 0.25) is 0 Å². The Hall–Kier alpha value is -3.30. The molecule has 2 heterocycles. The van der Waals surface area contributed by atoms with Gasteiger partial charge in [-0.3, -0.25) is 20.2 Å². The average Bonchev–Trinajstić information content (AvgIpc) is 3.06. The number of hydrogen-bond donors (Lipinski definition) is 0. The number of aryl methyl sites for hydroxylation is 1. The summed E-state index contributed by atoms with van der Waals surface area (Å²) >= 11 is 0. The largest absolute Gasteiger partial charge is 0.352 e. The number of nitro benzene ring substituents is 2. The van der Waals surface area contributed by atoms with Crippen LogP contribution in [0.5, 0.6) is 0 Å². The van der Waals surface area contributed by atoms with Gasteiger partial charge in [0.15, 0.2) is 5.52 Å².